The van der Waals surface area contributed by atoms with Gasteiger partial charge in [-0.25, -0.2) is 4.79 Å². The molecule has 0 aromatic heterocycles. The number of allylic oxidation sites excluding steroid dienone is 1. The molecule has 5 rings (SSSR count). The predicted molar refractivity (Wildman–Crippen MR) is 156 cm³/mol. The molecule has 2 heterocycles. The molecule has 0 bridgehead atoms. The van der Waals surface area contributed by atoms with Crippen molar-refractivity contribution in [3.8, 4) is 0 Å². The normalized spacial score (nSPS) is 39.6. The van der Waals surface area contributed by atoms with Gasteiger partial charge < -0.3 is 24.1 Å². The highest BCUT2D eigenvalue weighted by Gasteiger charge is 2.69. The lowest BCUT2D eigenvalue weighted by Gasteiger charge is -2.49. The van der Waals surface area contributed by atoms with Crippen molar-refractivity contribution < 1.29 is 38.2 Å². The van der Waals surface area contributed by atoms with Gasteiger partial charge in [0, 0.05) is 44.0 Å². The van der Waals surface area contributed by atoms with Crippen LogP contribution in [-0.4, -0.2) is 90.2 Å². The molecule has 0 aromatic carbocycles. The van der Waals surface area contributed by atoms with Gasteiger partial charge in [-0.3, -0.25) is 14.2 Å². The van der Waals surface area contributed by atoms with Crippen molar-refractivity contribution in [2.75, 3.05) is 27.4 Å². The number of nitrogens with zero attached hydrogens (tertiary/aromatic N) is 2. The number of hydrogen-bond acceptors (Lipinski definition) is 9. The SMILES string of the molecule is CCC[C@@]12C3=C4C[C@@H](N(C)C)CC1C=C[C@H](OP(C)(C)=O)[C@@H]2OC3(C)C(O)C(C)C4CCC(=O)ON1C(=O)CCC1=O. The molecular formula is C31H47N2O8P. The van der Waals surface area contributed by atoms with Crippen LogP contribution in [0.25, 0.3) is 0 Å². The molecule has 2 fully saturated rings. The van der Waals surface area contributed by atoms with Crippen LogP contribution in [0.5, 0.6) is 0 Å². The quantitative estimate of drug-likeness (QED) is 0.235. The van der Waals surface area contributed by atoms with E-state index in [0.717, 1.165) is 31.3 Å². The number of aliphatic hydroxyl groups excluding tert-OH is 1. The maximum absolute atomic E-state index is 12.9. The molecule has 5 aliphatic rings. The van der Waals surface area contributed by atoms with E-state index >= 15 is 0 Å². The fraction of sp³-hybridized carbons (Fsp3) is 0.774. The van der Waals surface area contributed by atoms with E-state index in [9.17, 15) is 24.1 Å². The van der Waals surface area contributed by atoms with Crippen LogP contribution in [0.3, 0.4) is 0 Å². The van der Waals surface area contributed by atoms with E-state index in [1.165, 1.54) is 5.57 Å². The number of imide groups is 1. The van der Waals surface area contributed by atoms with E-state index in [-0.39, 0.29) is 43.1 Å². The van der Waals surface area contributed by atoms with Gasteiger partial charge in [-0.15, -0.1) is 5.06 Å². The van der Waals surface area contributed by atoms with Crippen LogP contribution in [0.2, 0.25) is 0 Å². The highest BCUT2D eigenvalue weighted by Crippen LogP contribution is 2.67. The van der Waals surface area contributed by atoms with Crippen LogP contribution in [-0.2, 0) is 33.0 Å². The average Bonchev–Trinajstić information content (AvgIpc) is 3.29. The first-order valence-corrected chi connectivity index (χ1v) is 17.9. The van der Waals surface area contributed by atoms with E-state index in [4.69, 9.17) is 14.1 Å². The molecule has 10 nitrogen and oxygen atoms in total. The summed E-state index contributed by atoms with van der Waals surface area (Å²) < 4.78 is 26.1. The zero-order valence-corrected chi connectivity index (χ0v) is 26.9. The molecule has 11 heteroatoms. The van der Waals surface area contributed by atoms with Crippen LogP contribution in [0.1, 0.15) is 72.1 Å². The smallest absolute Gasteiger partial charge is 0.333 e. The first kappa shape index (κ1) is 31.6. The number of aliphatic hydroxyl groups is 1. The number of carbonyl (C=O) groups is 3. The Bertz CT molecular complexity index is 1230. The van der Waals surface area contributed by atoms with Crippen molar-refractivity contribution in [2.45, 2.75) is 102 Å². The van der Waals surface area contributed by atoms with Crippen LogP contribution in [0, 0.1) is 23.2 Å². The summed E-state index contributed by atoms with van der Waals surface area (Å²) in [5.74, 6) is -1.86. The molecule has 2 saturated heterocycles. The topological polar surface area (TPSA) is 123 Å². The van der Waals surface area contributed by atoms with E-state index in [1.54, 1.807) is 13.3 Å². The summed E-state index contributed by atoms with van der Waals surface area (Å²) in [6.45, 7) is 9.41. The molecule has 234 valence electrons. The Morgan fingerprint density at radius 3 is 2.48 bits per heavy atom. The third-order valence-corrected chi connectivity index (χ3v) is 11.2. The summed E-state index contributed by atoms with van der Waals surface area (Å²) in [5.41, 5.74) is 0.939. The molecule has 42 heavy (non-hydrogen) atoms. The summed E-state index contributed by atoms with van der Waals surface area (Å²) in [4.78, 5) is 44.4. The van der Waals surface area contributed by atoms with E-state index in [0.29, 0.717) is 11.5 Å². The van der Waals surface area contributed by atoms with E-state index in [2.05, 4.69) is 32.0 Å². The number of rotatable bonds is 9. The molecule has 0 saturated carbocycles. The molecule has 5 unspecified atom stereocenters. The molecule has 0 aromatic rings. The lowest BCUT2D eigenvalue weighted by Crippen LogP contribution is -2.52. The Labute approximate surface area is 249 Å². The summed E-state index contributed by atoms with van der Waals surface area (Å²) >= 11 is 0. The minimum Gasteiger partial charge on any atom is -0.389 e. The molecular weight excluding hydrogens is 559 g/mol. The fourth-order valence-corrected chi connectivity index (χ4v) is 9.46. The van der Waals surface area contributed by atoms with Crippen molar-refractivity contribution in [2.24, 2.45) is 23.2 Å². The number of hydrogen-bond donors (Lipinski definition) is 1. The molecule has 9 atom stereocenters. The molecule has 0 radical (unpaired) electrons. The second kappa shape index (κ2) is 11.3. The third kappa shape index (κ3) is 5.15. The van der Waals surface area contributed by atoms with Gasteiger partial charge >= 0.3 is 5.97 Å². The maximum Gasteiger partial charge on any atom is 0.333 e. The van der Waals surface area contributed by atoms with Crippen molar-refractivity contribution in [3.05, 3.63) is 23.3 Å². The first-order chi connectivity index (χ1) is 19.6. The predicted octanol–water partition coefficient (Wildman–Crippen LogP) is 4.07. The number of carbonyl (C=O) groups excluding carboxylic acids is 3. The summed E-state index contributed by atoms with van der Waals surface area (Å²) in [6, 6.07) is 0.226. The second-order valence-corrected chi connectivity index (χ2v) is 16.4. The van der Waals surface area contributed by atoms with Crippen LogP contribution >= 0.6 is 7.37 Å². The number of amides is 2. The standard InChI is InChI=1S/C31H47N2O8P/c1-8-15-31-19-9-11-23(41-42(6,7)38)29(31)39-30(3)27(31)22(17-20(16-19)32(4)5)21(18(2)28(30)37)10-14-26(36)40-33-24(34)12-13-25(33)35/h9,11,18-21,23,28-29,37H,8,10,12-17H2,1-7H3/t18?,19?,20-,21?,23-,28?,29-,30?,31-/m0/s1. The summed E-state index contributed by atoms with van der Waals surface area (Å²) in [7, 11) is 1.33. The van der Waals surface area contributed by atoms with Gasteiger partial charge in [-0.1, -0.05) is 38.0 Å². The van der Waals surface area contributed by atoms with E-state index in [1.807, 2.05) is 19.9 Å². The zero-order chi connectivity index (χ0) is 30.8. The largest absolute Gasteiger partial charge is 0.389 e. The fourth-order valence-electron chi connectivity index (χ4n) is 8.70. The Morgan fingerprint density at radius 2 is 1.88 bits per heavy atom. The Morgan fingerprint density at radius 1 is 1.21 bits per heavy atom. The van der Waals surface area contributed by atoms with Crippen molar-refractivity contribution >= 4 is 25.2 Å². The van der Waals surface area contributed by atoms with Gasteiger partial charge in [0.1, 0.15) is 11.7 Å². The molecule has 1 N–H and O–H groups in total. The van der Waals surface area contributed by atoms with Gasteiger partial charge in [0.15, 0.2) is 7.37 Å². The lowest BCUT2D eigenvalue weighted by atomic mass is 9.54. The minimum absolute atomic E-state index is 0.00783. The molecule has 0 spiro atoms. The monoisotopic (exact) mass is 606 g/mol. The first-order valence-electron chi connectivity index (χ1n) is 15.4. The number of hydroxylamine groups is 2. The van der Waals surface area contributed by atoms with Crippen molar-refractivity contribution in [3.63, 3.8) is 0 Å². The molecule has 2 aliphatic heterocycles. The van der Waals surface area contributed by atoms with Gasteiger partial charge in [0.25, 0.3) is 11.8 Å². The summed E-state index contributed by atoms with van der Waals surface area (Å²) in [5, 5.41) is 12.6. The van der Waals surface area contributed by atoms with Crippen LogP contribution in [0.4, 0.5) is 0 Å². The highest BCUT2D eigenvalue weighted by molar-refractivity contribution is 7.57. The van der Waals surface area contributed by atoms with Gasteiger partial charge in [-0.05, 0) is 70.0 Å². The minimum atomic E-state index is -2.86. The Balaban J connectivity index is 1.58. The average molecular weight is 607 g/mol. The van der Waals surface area contributed by atoms with E-state index < -0.39 is 54.5 Å². The molecule has 2 amide bonds. The maximum atomic E-state index is 12.9. The third-order valence-electron chi connectivity index (χ3n) is 10.4. The zero-order valence-electron chi connectivity index (χ0n) is 26.0. The van der Waals surface area contributed by atoms with Gasteiger partial charge in [-0.2, -0.15) is 0 Å². The van der Waals surface area contributed by atoms with Crippen molar-refractivity contribution in [1.82, 2.24) is 9.96 Å². The Kier molecular flexibility index (Phi) is 8.47. The lowest BCUT2D eigenvalue weighted by molar-refractivity contribution is -0.197. The number of ether oxygens (including phenoxy) is 1. The second-order valence-electron chi connectivity index (χ2n) is 13.7. The molecule has 3 aliphatic carbocycles. The Hall–Kier alpha value is -1.84. The highest BCUT2D eigenvalue weighted by atomic mass is 31.2. The van der Waals surface area contributed by atoms with Gasteiger partial charge in [0.2, 0.25) is 0 Å². The van der Waals surface area contributed by atoms with Crippen molar-refractivity contribution in [1.29, 1.82) is 0 Å². The van der Waals surface area contributed by atoms with Crippen LogP contribution < -0.4 is 0 Å². The summed E-state index contributed by atoms with van der Waals surface area (Å²) in [6.07, 6.45) is 6.40. The van der Waals surface area contributed by atoms with Gasteiger partial charge in [0.05, 0.1) is 12.2 Å². The van der Waals surface area contributed by atoms with Crippen LogP contribution in [0.15, 0.2) is 23.3 Å².